The fourth-order valence-corrected chi connectivity index (χ4v) is 9.59. The Bertz CT molecular complexity index is 1620. The largest absolute Gasteiger partial charge is 0.491 e. The number of fused-ring (bicyclic) bond motifs is 1. The number of allylic oxidation sites excluding steroid dienone is 1. The van der Waals surface area contributed by atoms with Gasteiger partial charge in [-0.05, 0) is 98.9 Å². The number of halogens is 1. The van der Waals surface area contributed by atoms with E-state index >= 15 is 0 Å². The number of aldehydes is 1. The zero-order valence-corrected chi connectivity index (χ0v) is 34.6. The summed E-state index contributed by atoms with van der Waals surface area (Å²) in [6.07, 6.45) is 10.3. The molecule has 12 heteroatoms. The number of rotatable bonds is 18. The Labute approximate surface area is 330 Å². The zero-order valence-electron chi connectivity index (χ0n) is 33.1. The smallest absolute Gasteiger partial charge is 0.248 e. The highest BCUT2D eigenvalue weighted by atomic mass is 35.5. The first kappa shape index (κ1) is 42.3. The zero-order chi connectivity index (χ0) is 38.8. The molecular weight excluding hydrogens is 724 g/mol. The maximum Gasteiger partial charge on any atom is 0.248 e. The number of benzene rings is 2. The lowest BCUT2D eigenvalue weighted by molar-refractivity contribution is -0.138. The molecule has 0 aromatic heterocycles. The Morgan fingerprint density at radius 2 is 1.91 bits per heavy atom. The third-order valence-corrected chi connectivity index (χ3v) is 13.8. The number of hydrogen-bond acceptors (Lipinski definition) is 8. The quantitative estimate of drug-likeness (QED) is 0.142. The van der Waals surface area contributed by atoms with Crippen molar-refractivity contribution >= 4 is 40.5 Å². The van der Waals surface area contributed by atoms with E-state index in [1.54, 1.807) is 14.2 Å². The number of nitrogens with zero attached hydrogens (tertiary/aromatic N) is 3. The normalized spacial score (nSPS) is 23.4. The monoisotopic (exact) mass is 784 g/mol. The Morgan fingerprint density at radius 3 is 2.56 bits per heavy atom. The summed E-state index contributed by atoms with van der Waals surface area (Å²) in [5.74, 6) is 1.70. The molecule has 2 heterocycles. The van der Waals surface area contributed by atoms with Crippen LogP contribution in [0.4, 0.5) is 5.69 Å². The number of amides is 1. The molecular formula is C42H61ClN4O6S. The minimum Gasteiger partial charge on any atom is -0.491 e. The molecule has 2 fully saturated rings. The number of carbonyl (C=O) groups is 2. The van der Waals surface area contributed by atoms with Crippen molar-refractivity contribution in [3.63, 3.8) is 0 Å². The average Bonchev–Trinajstić information content (AvgIpc) is 3.35. The van der Waals surface area contributed by atoms with Gasteiger partial charge in [0.25, 0.3) is 0 Å². The van der Waals surface area contributed by atoms with Gasteiger partial charge in [-0.15, -0.1) is 0 Å². The van der Waals surface area contributed by atoms with Crippen LogP contribution in [0.25, 0.3) is 0 Å². The second kappa shape index (κ2) is 19.9. The Balaban J connectivity index is 1.43. The van der Waals surface area contributed by atoms with Crippen molar-refractivity contribution < 1.29 is 28.0 Å². The molecule has 0 spiro atoms. The van der Waals surface area contributed by atoms with Gasteiger partial charge in [-0.25, -0.2) is 8.93 Å². The van der Waals surface area contributed by atoms with Crippen LogP contribution in [-0.2, 0) is 31.7 Å². The van der Waals surface area contributed by atoms with Crippen LogP contribution in [0.3, 0.4) is 0 Å². The molecule has 298 valence electrons. The Morgan fingerprint density at radius 1 is 1.13 bits per heavy atom. The number of hydrogen-bond donors (Lipinski definition) is 1. The molecule has 1 N–H and O–H groups in total. The van der Waals surface area contributed by atoms with Crippen LogP contribution in [0, 0.1) is 17.8 Å². The molecule has 0 radical (unpaired) electrons. The van der Waals surface area contributed by atoms with Gasteiger partial charge in [0, 0.05) is 81.8 Å². The minimum absolute atomic E-state index is 0.00114. The molecule has 7 unspecified atom stereocenters. The third-order valence-electron chi connectivity index (χ3n) is 12.0. The number of nitrogens with one attached hydrogen (secondary N) is 1. The number of anilines is 1. The molecule has 54 heavy (non-hydrogen) atoms. The molecule has 1 amide bonds. The number of ether oxygens (including phenoxy) is 3. The van der Waals surface area contributed by atoms with Crippen LogP contribution in [0.15, 0.2) is 48.6 Å². The van der Waals surface area contributed by atoms with Gasteiger partial charge in [0.15, 0.2) is 0 Å². The van der Waals surface area contributed by atoms with E-state index in [0.29, 0.717) is 37.7 Å². The van der Waals surface area contributed by atoms with Gasteiger partial charge >= 0.3 is 0 Å². The Hall–Kier alpha value is -2.80. The second-order valence-corrected chi connectivity index (χ2v) is 17.5. The number of aryl methyl sites for hydroxylation is 1. The number of methoxy groups -OCH3 is 2. The van der Waals surface area contributed by atoms with Gasteiger partial charge in [-0.2, -0.15) is 0 Å². The fourth-order valence-electron chi connectivity index (χ4n) is 8.49. The van der Waals surface area contributed by atoms with Crippen LogP contribution in [0.5, 0.6) is 5.75 Å². The molecule has 1 saturated heterocycles. The van der Waals surface area contributed by atoms with Crippen LogP contribution < -0.4 is 14.4 Å². The fraction of sp³-hybridized carbons (Fsp3) is 0.619. The number of carbonyl (C=O) groups excluding carboxylic acids is 2. The first-order valence-corrected chi connectivity index (χ1v) is 21.2. The van der Waals surface area contributed by atoms with Crippen molar-refractivity contribution in [3.8, 4) is 5.75 Å². The summed E-state index contributed by atoms with van der Waals surface area (Å²) < 4.78 is 33.7. The standard InChI is InChI=1S/C42H61ClN4O6S/c1-7-9-33-23-36(43)13-14-37(33)35-25-47(39-22-32(26-48)11-16-40(39)53-27-35)24-34-12-15-38(34)42(52-6,17-8-10-30(2)31(3)54(50)44-4)29-45-18-20-46(21-19-45)41(49)28-51-5/h8,11,13-14,16-17,22-23,26,30-31,34-35,38,44H,7,9-10,12,15,18-21,24-25,27-29H2,1-6H3/b17-8+. The first-order chi connectivity index (χ1) is 26.1. The van der Waals surface area contributed by atoms with Crippen LogP contribution in [-0.4, -0.2) is 117 Å². The molecule has 5 rings (SSSR count). The highest BCUT2D eigenvalue weighted by molar-refractivity contribution is 7.83. The van der Waals surface area contributed by atoms with Gasteiger partial charge < -0.3 is 24.0 Å². The van der Waals surface area contributed by atoms with Crippen molar-refractivity contribution in [1.82, 2.24) is 14.5 Å². The van der Waals surface area contributed by atoms with E-state index in [2.05, 4.69) is 52.7 Å². The average molecular weight is 785 g/mol. The van der Waals surface area contributed by atoms with E-state index < -0.39 is 16.6 Å². The lowest BCUT2D eigenvalue weighted by Crippen LogP contribution is -2.59. The lowest BCUT2D eigenvalue weighted by Gasteiger charge is -2.52. The molecule has 2 aliphatic heterocycles. The third kappa shape index (κ3) is 10.1. The summed E-state index contributed by atoms with van der Waals surface area (Å²) in [5.41, 5.74) is 3.54. The van der Waals surface area contributed by atoms with Crippen molar-refractivity contribution in [2.75, 3.05) is 85.2 Å². The number of piperazine rings is 1. The highest BCUT2D eigenvalue weighted by Crippen LogP contribution is 2.47. The van der Waals surface area contributed by atoms with E-state index in [-0.39, 0.29) is 35.5 Å². The van der Waals surface area contributed by atoms with Crippen molar-refractivity contribution in [2.45, 2.75) is 69.6 Å². The van der Waals surface area contributed by atoms with Crippen molar-refractivity contribution in [2.24, 2.45) is 17.8 Å². The first-order valence-electron chi connectivity index (χ1n) is 19.6. The molecule has 2 aromatic carbocycles. The second-order valence-electron chi connectivity index (χ2n) is 15.4. The van der Waals surface area contributed by atoms with Crippen LogP contribution in [0.2, 0.25) is 5.02 Å². The van der Waals surface area contributed by atoms with Crippen LogP contribution in [0.1, 0.15) is 73.9 Å². The molecule has 2 aromatic rings. The van der Waals surface area contributed by atoms with E-state index in [9.17, 15) is 13.8 Å². The molecule has 0 bridgehead atoms. The summed E-state index contributed by atoms with van der Waals surface area (Å²) >= 11 is 6.48. The summed E-state index contributed by atoms with van der Waals surface area (Å²) in [6, 6.07) is 12.0. The predicted octanol–water partition coefficient (Wildman–Crippen LogP) is 6.14. The summed E-state index contributed by atoms with van der Waals surface area (Å²) in [7, 11) is 4.02. The van der Waals surface area contributed by atoms with Gasteiger partial charge in [0.2, 0.25) is 5.91 Å². The highest BCUT2D eigenvalue weighted by Gasteiger charge is 2.48. The van der Waals surface area contributed by atoms with Gasteiger partial charge in [-0.3, -0.25) is 14.5 Å². The van der Waals surface area contributed by atoms with E-state index in [1.165, 1.54) is 11.1 Å². The maximum atomic E-state index is 12.6. The molecule has 7 atom stereocenters. The molecule has 1 aliphatic carbocycles. The predicted molar refractivity (Wildman–Crippen MR) is 218 cm³/mol. The van der Waals surface area contributed by atoms with Crippen molar-refractivity contribution in [3.05, 3.63) is 70.3 Å². The van der Waals surface area contributed by atoms with E-state index in [0.717, 1.165) is 81.0 Å². The van der Waals surface area contributed by atoms with Gasteiger partial charge in [0.1, 0.15) is 24.2 Å². The topological polar surface area (TPSA) is 101 Å². The minimum atomic E-state index is -1.10. The molecule has 3 aliphatic rings. The maximum absolute atomic E-state index is 12.6. The SMILES string of the molecule is CCCc1cc(Cl)ccc1C1COc2ccc(C=O)cc2N(CC2CCC2C(/C=C/CC(C)C(C)S(=O)NC)(CN2CCN(C(=O)COC)CC2)OC)C1. The van der Waals surface area contributed by atoms with E-state index in [1.807, 2.05) is 43.2 Å². The Kier molecular flexibility index (Phi) is 15.6. The van der Waals surface area contributed by atoms with Crippen molar-refractivity contribution in [1.29, 1.82) is 0 Å². The molecule has 1 saturated carbocycles. The molecule has 10 nitrogen and oxygen atoms in total. The summed E-state index contributed by atoms with van der Waals surface area (Å²) in [5, 5.41) is 0.745. The van der Waals surface area contributed by atoms with Crippen LogP contribution >= 0.6 is 11.6 Å². The van der Waals surface area contributed by atoms with Gasteiger partial charge in [-0.1, -0.05) is 50.1 Å². The lowest BCUT2D eigenvalue weighted by atomic mass is 9.63. The summed E-state index contributed by atoms with van der Waals surface area (Å²) in [6.45, 7) is 12.1. The van der Waals surface area contributed by atoms with Gasteiger partial charge in [0.05, 0.1) is 23.3 Å². The summed E-state index contributed by atoms with van der Waals surface area (Å²) in [4.78, 5) is 31.4. The van der Waals surface area contributed by atoms with E-state index in [4.69, 9.17) is 25.8 Å².